The minimum absolute atomic E-state index is 0.160. The van der Waals surface area contributed by atoms with Gasteiger partial charge < -0.3 is 20.7 Å². The number of rotatable bonds is 3. The van der Waals surface area contributed by atoms with Crippen molar-refractivity contribution < 1.29 is 9.90 Å². The van der Waals surface area contributed by atoms with Gasteiger partial charge in [0.25, 0.3) is 5.91 Å². The number of hydrogen-bond donors (Lipinski definition) is 4. The molecule has 1 fully saturated rings. The lowest BCUT2D eigenvalue weighted by atomic mass is 9.97. The molecule has 1 aliphatic heterocycles. The number of β-amino-alcohol motifs (C(OH)–C–C–N with tert-alkyl or cyclic N) is 1. The topological polar surface area (TPSA) is 77.2 Å². The maximum absolute atomic E-state index is 11.9. The molecule has 94 valence electrons. The Labute approximate surface area is 104 Å². The van der Waals surface area contributed by atoms with Crippen LogP contribution in [0.4, 0.5) is 0 Å². The minimum Gasteiger partial charge on any atom is -0.385 e. The van der Waals surface area contributed by atoms with Gasteiger partial charge in [-0.1, -0.05) is 6.07 Å². The Morgan fingerprint density at radius 1 is 1.39 bits per heavy atom. The Morgan fingerprint density at radius 3 is 2.94 bits per heavy atom. The standard InChI is InChI=1S/C13H15N3O2/c17-12(16-8-13(18)6-14-7-13)10-2-1-9-3-4-15-11(9)5-10/h1-5,14-15,18H,6-8H2,(H,16,17). The predicted molar refractivity (Wildman–Crippen MR) is 68.5 cm³/mol. The number of aromatic nitrogens is 1. The van der Waals surface area contributed by atoms with E-state index in [1.54, 1.807) is 6.07 Å². The number of hydrogen-bond acceptors (Lipinski definition) is 3. The number of H-pyrrole nitrogens is 1. The van der Waals surface area contributed by atoms with Crippen LogP contribution in [0.3, 0.4) is 0 Å². The molecule has 1 amide bonds. The third kappa shape index (κ3) is 1.98. The monoisotopic (exact) mass is 245 g/mol. The first kappa shape index (κ1) is 11.3. The zero-order valence-corrected chi connectivity index (χ0v) is 9.86. The summed E-state index contributed by atoms with van der Waals surface area (Å²) < 4.78 is 0. The summed E-state index contributed by atoms with van der Waals surface area (Å²) in [6.45, 7) is 1.34. The van der Waals surface area contributed by atoms with E-state index in [1.807, 2.05) is 24.4 Å². The molecule has 0 radical (unpaired) electrons. The number of aliphatic hydroxyl groups is 1. The summed E-state index contributed by atoms with van der Waals surface area (Å²) in [5.41, 5.74) is 0.749. The van der Waals surface area contributed by atoms with Crippen LogP contribution in [0, 0.1) is 0 Å². The van der Waals surface area contributed by atoms with Gasteiger partial charge in [-0.2, -0.15) is 0 Å². The van der Waals surface area contributed by atoms with Gasteiger partial charge in [0, 0.05) is 36.9 Å². The van der Waals surface area contributed by atoms with Crippen molar-refractivity contribution in [1.29, 1.82) is 0 Å². The predicted octanol–water partition coefficient (Wildman–Crippen LogP) is 0.232. The highest BCUT2D eigenvalue weighted by Crippen LogP contribution is 2.14. The fourth-order valence-electron chi connectivity index (χ4n) is 2.07. The molecule has 0 spiro atoms. The molecule has 1 aromatic carbocycles. The lowest BCUT2D eigenvalue weighted by molar-refractivity contribution is -0.00759. The molecule has 5 heteroatoms. The van der Waals surface area contributed by atoms with E-state index in [0.29, 0.717) is 18.7 Å². The highest BCUT2D eigenvalue weighted by atomic mass is 16.3. The SMILES string of the molecule is O=C(NCC1(O)CNC1)c1ccc2cc[nH]c2c1. The van der Waals surface area contributed by atoms with Crippen LogP contribution in [0.2, 0.25) is 0 Å². The van der Waals surface area contributed by atoms with E-state index in [0.717, 1.165) is 10.9 Å². The number of carbonyl (C=O) groups excluding carboxylic acids is 1. The van der Waals surface area contributed by atoms with Crippen molar-refractivity contribution in [1.82, 2.24) is 15.6 Å². The average Bonchev–Trinajstić information content (AvgIpc) is 2.80. The first-order valence-electron chi connectivity index (χ1n) is 5.95. The molecule has 0 aliphatic carbocycles. The van der Waals surface area contributed by atoms with Crippen molar-refractivity contribution in [3.8, 4) is 0 Å². The van der Waals surface area contributed by atoms with E-state index in [2.05, 4.69) is 15.6 Å². The Kier molecular flexibility index (Phi) is 2.57. The van der Waals surface area contributed by atoms with E-state index in [1.165, 1.54) is 0 Å². The second-order valence-corrected chi connectivity index (χ2v) is 4.79. The second-order valence-electron chi connectivity index (χ2n) is 4.79. The molecule has 0 bridgehead atoms. The van der Waals surface area contributed by atoms with Gasteiger partial charge in [-0.15, -0.1) is 0 Å². The maximum atomic E-state index is 11.9. The van der Waals surface area contributed by atoms with E-state index >= 15 is 0 Å². The minimum atomic E-state index is -0.786. The fourth-order valence-corrected chi connectivity index (χ4v) is 2.07. The summed E-state index contributed by atoms with van der Waals surface area (Å²) in [6, 6.07) is 7.46. The fraction of sp³-hybridized carbons (Fsp3) is 0.308. The van der Waals surface area contributed by atoms with Crippen LogP contribution >= 0.6 is 0 Å². The quantitative estimate of drug-likeness (QED) is 0.625. The van der Waals surface area contributed by atoms with Gasteiger partial charge in [0.2, 0.25) is 0 Å². The Morgan fingerprint density at radius 2 is 2.22 bits per heavy atom. The van der Waals surface area contributed by atoms with Crippen molar-refractivity contribution in [2.75, 3.05) is 19.6 Å². The summed E-state index contributed by atoms with van der Waals surface area (Å²) in [7, 11) is 0. The zero-order valence-electron chi connectivity index (χ0n) is 9.86. The van der Waals surface area contributed by atoms with E-state index in [4.69, 9.17) is 0 Å². The molecule has 0 atom stereocenters. The molecule has 2 aromatic rings. The molecule has 3 rings (SSSR count). The van der Waals surface area contributed by atoms with Crippen LogP contribution in [-0.2, 0) is 0 Å². The highest BCUT2D eigenvalue weighted by molar-refractivity contribution is 5.97. The van der Waals surface area contributed by atoms with Gasteiger partial charge in [0.1, 0.15) is 5.60 Å². The lowest BCUT2D eigenvalue weighted by Gasteiger charge is -2.37. The van der Waals surface area contributed by atoms with Gasteiger partial charge in [0.05, 0.1) is 0 Å². The Balaban J connectivity index is 1.71. The van der Waals surface area contributed by atoms with E-state index < -0.39 is 5.60 Å². The van der Waals surface area contributed by atoms with Crippen molar-refractivity contribution in [3.63, 3.8) is 0 Å². The largest absolute Gasteiger partial charge is 0.385 e. The average molecular weight is 245 g/mol. The van der Waals surface area contributed by atoms with Crippen molar-refractivity contribution >= 4 is 16.8 Å². The van der Waals surface area contributed by atoms with Gasteiger partial charge in [0.15, 0.2) is 0 Å². The lowest BCUT2D eigenvalue weighted by Crippen LogP contribution is -2.64. The highest BCUT2D eigenvalue weighted by Gasteiger charge is 2.34. The molecule has 18 heavy (non-hydrogen) atoms. The maximum Gasteiger partial charge on any atom is 0.251 e. The summed E-state index contributed by atoms with van der Waals surface area (Å²) in [5, 5.41) is 16.7. The number of aromatic amines is 1. The molecule has 0 unspecified atom stereocenters. The number of benzene rings is 1. The van der Waals surface area contributed by atoms with Crippen LogP contribution in [0.15, 0.2) is 30.5 Å². The van der Waals surface area contributed by atoms with Crippen LogP contribution in [-0.4, -0.2) is 41.2 Å². The second kappa shape index (κ2) is 4.12. The van der Waals surface area contributed by atoms with Gasteiger partial charge in [-0.05, 0) is 23.6 Å². The first-order valence-corrected chi connectivity index (χ1v) is 5.95. The Hall–Kier alpha value is -1.85. The Bertz CT molecular complexity index is 587. The molecule has 1 aromatic heterocycles. The third-order valence-electron chi connectivity index (χ3n) is 3.30. The van der Waals surface area contributed by atoms with Crippen molar-refractivity contribution in [2.45, 2.75) is 5.60 Å². The summed E-state index contributed by atoms with van der Waals surface area (Å²) in [5.74, 6) is -0.160. The zero-order chi connectivity index (χ0) is 12.6. The number of carbonyl (C=O) groups is 1. The first-order chi connectivity index (χ1) is 8.66. The summed E-state index contributed by atoms with van der Waals surface area (Å²) in [6.07, 6.45) is 1.84. The molecular formula is C13H15N3O2. The molecule has 1 saturated heterocycles. The van der Waals surface area contributed by atoms with E-state index in [9.17, 15) is 9.90 Å². The summed E-state index contributed by atoms with van der Waals surface area (Å²) >= 11 is 0. The van der Waals surface area contributed by atoms with Gasteiger partial charge >= 0.3 is 0 Å². The van der Waals surface area contributed by atoms with Crippen molar-refractivity contribution in [2.24, 2.45) is 0 Å². The van der Waals surface area contributed by atoms with Crippen molar-refractivity contribution in [3.05, 3.63) is 36.0 Å². The normalized spacial score (nSPS) is 17.4. The molecule has 1 aliphatic rings. The van der Waals surface area contributed by atoms with Gasteiger partial charge in [-0.25, -0.2) is 0 Å². The smallest absolute Gasteiger partial charge is 0.251 e. The van der Waals surface area contributed by atoms with Gasteiger partial charge in [-0.3, -0.25) is 4.79 Å². The molecule has 0 saturated carbocycles. The molecular weight excluding hydrogens is 230 g/mol. The number of nitrogens with one attached hydrogen (secondary N) is 3. The van der Waals surface area contributed by atoms with Crippen LogP contribution in [0.1, 0.15) is 10.4 Å². The van der Waals surface area contributed by atoms with Crippen LogP contribution in [0.25, 0.3) is 10.9 Å². The molecule has 5 nitrogen and oxygen atoms in total. The third-order valence-corrected chi connectivity index (χ3v) is 3.30. The summed E-state index contributed by atoms with van der Waals surface area (Å²) in [4.78, 5) is 15.0. The van der Waals surface area contributed by atoms with Crippen LogP contribution < -0.4 is 10.6 Å². The number of amides is 1. The number of fused-ring (bicyclic) bond motifs is 1. The molecule has 4 N–H and O–H groups in total. The molecule has 2 heterocycles. The van der Waals surface area contributed by atoms with E-state index in [-0.39, 0.29) is 12.5 Å². The van der Waals surface area contributed by atoms with Crippen LogP contribution in [0.5, 0.6) is 0 Å².